The average molecular weight is 1450 g/mol. The van der Waals surface area contributed by atoms with Crippen molar-refractivity contribution in [3.63, 3.8) is 0 Å². The Morgan fingerprint density at radius 2 is 0.535 bits per heavy atom. The molecule has 17 nitrogen and oxygen atoms in total. The number of hydrogen-bond donors (Lipinski definition) is 3. The molecule has 5 atom stereocenters. The normalized spacial score (nSPS) is 14.0. The molecule has 99 heavy (non-hydrogen) atoms. The zero-order valence-electron chi connectivity index (χ0n) is 64.0. The van der Waals surface area contributed by atoms with Crippen LogP contribution in [0.5, 0.6) is 0 Å². The third-order valence-electron chi connectivity index (χ3n) is 18.2. The molecule has 0 aromatic rings. The molecule has 584 valence electrons. The molecule has 0 rings (SSSR count). The lowest BCUT2D eigenvalue weighted by Gasteiger charge is -2.22. The van der Waals surface area contributed by atoms with Gasteiger partial charge in [0.2, 0.25) is 6.29 Å². The molecule has 0 saturated carbocycles. The van der Waals surface area contributed by atoms with Gasteiger partial charge in [-0.15, -0.1) is 0 Å². The van der Waals surface area contributed by atoms with E-state index in [0.29, 0.717) is 25.7 Å². The maximum Gasteiger partial charge on any atom is 0.475 e. The van der Waals surface area contributed by atoms with Crippen LogP contribution >= 0.6 is 15.6 Å². The molecule has 0 amide bonds. The van der Waals surface area contributed by atoms with Crippen molar-refractivity contribution >= 4 is 39.5 Å². The summed E-state index contributed by atoms with van der Waals surface area (Å²) in [4.78, 5) is 73.2. The summed E-state index contributed by atoms with van der Waals surface area (Å²) in [5.41, 5.74) is 0. The monoisotopic (exact) mass is 1450 g/mol. The fraction of sp³-hybridized carbons (Fsp3) is 0.900. The van der Waals surface area contributed by atoms with Crippen molar-refractivity contribution in [1.82, 2.24) is 0 Å². The Morgan fingerprint density at radius 3 is 0.859 bits per heavy atom. The third-order valence-corrected chi connectivity index (χ3v) is 20.1. The van der Waals surface area contributed by atoms with Crippen molar-refractivity contribution in [1.29, 1.82) is 0 Å². The second-order valence-corrected chi connectivity index (χ2v) is 30.9. The largest absolute Gasteiger partial charge is 0.475 e. The van der Waals surface area contributed by atoms with Crippen molar-refractivity contribution in [2.45, 2.75) is 431 Å². The number of carbonyl (C=O) groups is 4. The summed E-state index contributed by atoms with van der Waals surface area (Å²) >= 11 is 0. The van der Waals surface area contributed by atoms with Gasteiger partial charge in [0.25, 0.3) is 0 Å². The van der Waals surface area contributed by atoms with E-state index >= 15 is 0 Å². The Kier molecular flexibility index (Phi) is 72.0. The molecular formula is C80H152O17P2. The lowest BCUT2D eigenvalue weighted by molar-refractivity contribution is -0.180. The lowest BCUT2D eigenvalue weighted by Crippen LogP contribution is -2.30. The molecule has 0 aliphatic heterocycles. The molecule has 0 aliphatic rings. The number of aliphatic hydroxyl groups excluding tert-OH is 1. The first-order valence-corrected chi connectivity index (χ1v) is 44.1. The van der Waals surface area contributed by atoms with Gasteiger partial charge in [-0.3, -0.25) is 32.7 Å². The lowest BCUT2D eigenvalue weighted by atomic mass is 10.0. The molecule has 0 spiro atoms. The van der Waals surface area contributed by atoms with Gasteiger partial charge in [-0.2, -0.15) is 0 Å². The minimum Gasteiger partial charge on any atom is -0.462 e. The van der Waals surface area contributed by atoms with Crippen molar-refractivity contribution in [2.24, 2.45) is 0 Å². The number of carbonyl (C=O) groups excluding carboxylic acids is 4. The molecule has 0 aromatic carbocycles. The Hall–Kier alpha value is -2.46. The van der Waals surface area contributed by atoms with Gasteiger partial charge in [-0.05, 0) is 77.0 Å². The number of esters is 4. The molecule has 0 saturated heterocycles. The van der Waals surface area contributed by atoms with E-state index in [9.17, 15) is 43.2 Å². The van der Waals surface area contributed by atoms with Crippen LogP contribution in [0.2, 0.25) is 0 Å². The fourth-order valence-electron chi connectivity index (χ4n) is 11.9. The molecule has 0 bridgehead atoms. The first kappa shape index (κ1) is 96.5. The molecule has 0 heterocycles. The highest BCUT2D eigenvalue weighted by atomic mass is 31.2. The van der Waals surface area contributed by atoms with E-state index in [2.05, 4.69) is 52.0 Å². The second kappa shape index (κ2) is 73.8. The minimum atomic E-state index is -5.15. The maximum atomic E-state index is 13.3. The molecule has 3 N–H and O–H groups in total. The zero-order valence-corrected chi connectivity index (χ0v) is 65.7. The highest BCUT2D eigenvalue weighted by Gasteiger charge is 2.33. The maximum absolute atomic E-state index is 13.3. The summed E-state index contributed by atoms with van der Waals surface area (Å²) in [7, 11) is -10.1. The van der Waals surface area contributed by atoms with Crippen LogP contribution in [0.3, 0.4) is 0 Å². The Balaban J connectivity index is 5.35. The molecule has 0 aliphatic carbocycles. The van der Waals surface area contributed by atoms with Gasteiger partial charge in [-0.25, -0.2) is 13.7 Å². The summed E-state index contributed by atoms with van der Waals surface area (Å²) in [5, 5.41) is 10.7. The van der Waals surface area contributed by atoms with Gasteiger partial charge in [-0.1, -0.05) is 335 Å². The van der Waals surface area contributed by atoms with Gasteiger partial charge >= 0.3 is 39.5 Å². The number of unbranched alkanes of at least 4 members (excludes halogenated alkanes) is 50. The smallest absolute Gasteiger partial charge is 0.462 e. The second-order valence-electron chi connectivity index (χ2n) is 28.0. The van der Waals surface area contributed by atoms with E-state index in [-0.39, 0.29) is 25.7 Å². The van der Waals surface area contributed by atoms with Crippen LogP contribution in [0.15, 0.2) is 24.3 Å². The van der Waals surface area contributed by atoms with Gasteiger partial charge in [0.1, 0.15) is 12.7 Å². The topological polar surface area (TPSA) is 237 Å². The summed E-state index contributed by atoms with van der Waals surface area (Å²) in [6, 6.07) is 0. The van der Waals surface area contributed by atoms with Crippen LogP contribution in [0.1, 0.15) is 413 Å². The van der Waals surface area contributed by atoms with Crippen LogP contribution in [0, 0.1) is 0 Å². The van der Waals surface area contributed by atoms with Crippen LogP contribution < -0.4 is 0 Å². The Labute approximate surface area is 605 Å². The Bertz CT molecular complexity index is 1970. The van der Waals surface area contributed by atoms with E-state index in [1.165, 1.54) is 193 Å². The van der Waals surface area contributed by atoms with Crippen molar-refractivity contribution in [2.75, 3.05) is 33.0 Å². The summed E-state index contributed by atoms with van der Waals surface area (Å²) < 4.78 is 68.6. The average Bonchev–Trinajstić information content (AvgIpc) is 1.10. The number of phosphoric ester groups is 2. The number of ether oxygens (including phenoxy) is 4. The van der Waals surface area contributed by atoms with Crippen molar-refractivity contribution < 1.29 is 80.2 Å². The number of aliphatic hydroxyl groups is 1. The number of allylic oxidation sites excluding steroid dienone is 4. The number of rotatable bonds is 79. The van der Waals surface area contributed by atoms with E-state index in [4.69, 9.17) is 37.0 Å². The first-order valence-electron chi connectivity index (χ1n) is 41.1. The van der Waals surface area contributed by atoms with E-state index in [1.54, 1.807) is 0 Å². The predicted octanol–water partition coefficient (Wildman–Crippen LogP) is 24.1. The first-order chi connectivity index (χ1) is 48.2. The molecule has 0 fully saturated rings. The zero-order chi connectivity index (χ0) is 72.5. The van der Waals surface area contributed by atoms with E-state index in [1.807, 2.05) is 0 Å². The minimum absolute atomic E-state index is 0.00356. The summed E-state index contributed by atoms with van der Waals surface area (Å²) in [6.07, 6.45) is 68.5. The van der Waals surface area contributed by atoms with Gasteiger partial charge in [0.15, 0.2) is 12.7 Å². The molecule has 19 heteroatoms. The quantitative estimate of drug-likeness (QED) is 0.0128. The summed E-state index contributed by atoms with van der Waals surface area (Å²) in [5.74, 6) is -2.39. The third kappa shape index (κ3) is 73.6. The van der Waals surface area contributed by atoms with E-state index in [0.717, 1.165) is 141 Å². The van der Waals surface area contributed by atoms with Gasteiger partial charge in [0, 0.05) is 25.7 Å². The standard InChI is InChI=1S/C80H152O17P2/c1-5-9-13-17-21-25-29-33-37-40-42-46-50-54-58-62-66-77(83)91-73-80(96-79(85)68-64-60-56-52-48-44-39-35-31-27-23-19-15-11-7-3)97-99(88,89)93-70-74(81)69-92-98(86,87)94-72-75(71-90-76(82)65-61-57-53-49-45-41-36-32-28-24-20-16-12-8-4)95-78(84)67-63-59-55-51-47-43-38-34-30-26-22-18-14-10-6-2/h28,32-33,37,74-75,80-81H,5-27,29-31,34-36,38-73H2,1-4H3,(H,86,87)(H,88,89)/b32-28-,37-33-. The Morgan fingerprint density at radius 1 is 0.293 bits per heavy atom. The number of phosphoric acid groups is 2. The van der Waals surface area contributed by atoms with Crippen LogP contribution in [-0.4, -0.2) is 90.3 Å². The van der Waals surface area contributed by atoms with Crippen LogP contribution in [0.25, 0.3) is 0 Å². The van der Waals surface area contributed by atoms with Crippen LogP contribution in [-0.2, 0) is 65.4 Å². The van der Waals surface area contributed by atoms with Crippen molar-refractivity contribution in [3.8, 4) is 0 Å². The number of hydrogen-bond acceptors (Lipinski definition) is 15. The SMILES string of the molecule is CCCCCC/C=C\CCCCCCCCC(=O)OCC(COP(=O)(O)OCC(O)COP(=O)(O)OC(COC(=O)CCCCCCCC/C=C\CCCCCCCC)OC(=O)CCCCCCCCCCCCCCCCC)OC(=O)CCCCCCCCCCCCCCCCC. The molecular weight excluding hydrogens is 1290 g/mol. The highest BCUT2D eigenvalue weighted by Crippen LogP contribution is 2.46. The fourth-order valence-corrected chi connectivity index (χ4v) is 13.5. The van der Waals surface area contributed by atoms with Crippen molar-refractivity contribution in [3.05, 3.63) is 24.3 Å². The molecule has 0 aromatic heterocycles. The molecule has 5 unspecified atom stereocenters. The van der Waals surface area contributed by atoms with Gasteiger partial charge < -0.3 is 33.8 Å². The predicted molar refractivity (Wildman–Crippen MR) is 404 cm³/mol. The molecule has 0 radical (unpaired) electrons. The summed E-state index contributed by atoms with van der Waals surface area (Å²) in [6.45, 7) is 5.27. The van der Waals surface area contributed by atoms with Gasteiger partial charge in [0.05, 0.1) is 19.8 Å². The van der Waals surface area contributed by atoms with Crippen LogP contribution in [0.4, 0.5) is 0 Å². The van der Waals surface area contributed by atoms with E-state index < -0.39 is 91.1 Å². The highest BCUT2D eigenvalue weighted by molar-refractivity contribution is 7.47.